The van der Waals surface area contributed by atoms with Gasteiger partial charge in [0.25, 0.3) is 0 Å². The van der Waals surface area contributed by atoms with E-state index in [1.807, 2.05) is 0 Å². The topological polar surface area (TPSA) is 0 Å². The fourth-order valence-corrected chi connectivity index (χ4v) is 3.35. The Kier molecular flexibility index (Phi) is 5.16. The Morgan fingerprint density at radius 2 is 1.53 bits per heavy atom. The Balaban J connectivity index is 2.40. The second kappa shape index (κ2) is 5.80. The molecule has 1 fully saturated rings. The SMILES string of the molecule is CC(C)(C)[B]C1CCCC(CC(C)(C)C)CC1. The van der Waals surface area contributed by atoms with E-state index in [4.69, 9.17) is 0 Å². The van der Waals surface area contributed by atoms with E-state index in [1.54, 1.807) is 0 Å². The molecule has 1 aliphatic rings. The molecule has 17 heavy (non-hydrogen) atoms. The van der Waals surface area contributed by atoms with Crippen molar-refractivity contribution in [3.63, 3.8) is 0 Å². The molecule has 0 saturated heterocycles. The summed E-state index contributed by atoms with van der Waals surface area (Å²) >= 11 is 0. The van der Waals surface area contributed by atoms with E-state index in [9.17, 15) is 0 Å². The van der Waals surface area contributed by atoms with Crippen molar-refractivity contribution in [1.82, 2.24) is 0 Å². The first-order valence-electron chi connectivity index (χ1n) is 7.52. The van der Waals surface area contributed by atoms with Crippen molar-refractivity contribution in [3.8, 4) is 0 Å². The minimum atomic E-state index is 0.397. The molecule has 0 bridgehead atoms. The molecule has 1 radical (unpaired) electrons. The summed E-state index contributed by atoms with van der Waals surface area (Å²) < 4.78 is 0. The second-order valence-corrected chi connectivity index (χ2v) is 8.43. The van der Waals surface area contributed by atoms with E-state index in [0.717, 1.165) is 11.7 Å². The molecule has 0 heterocycles. The highest BCUT2D eigenvalue weighted by Crippen LogP contribution is 2.39. The van der Waals surface area contributed by atoms with Gasteiger partial charge in [0, 0.05) is 0 Å². The van der Waals surface area contributed by atoms with Crippen LogP contribution in [0.4, 0.5) is 0 Å². The highest BCUT2D eigenvalue weighted by atomic mass is 14.3. The van der Waals surface area contributed by atoms with Crippen molar-refractivity contribution < 1.29 is 0 Å². The summed E-state index contributed by atoms with van der Waals surface area (Å²) in [4.78, 5) is 0. The molecular weight excluding hydrogens is 203 g/mol. The molecule has 0 aromatic carbocycles. The number of hydrogen-bond donors (Lipinski definition) is 0. The molecule has 1 saturated carbocycles. The third kappa shape index (κ3) is 7.16. The molecule has 1 heteroatoms. The first-order chi connectivity index (χ1) is 7.66. The van der Waals surface area contributed by atoms with E-state index in [-0.39, 0.29) is 0 Å². The molecule has 0 amide bonds. The van der Waals surface area contributed by atoms with Gasteiger partial charge in [0.05, 0.1) is 0 Å². The Morgan fingerprint density at radius 3 is 2.06 bits per heavy atom. The van der Waals surface area contributed by atoms with E-state index in [0.29, 0.717) is 10.7 Å². The van der Waals surface area contributed by atoms with Crippen LogP contribution in [0.1, 0.15) is 80.1 Å². The van der Waals surface area contributed by atoms with Crippen molar-refractivity contribution in [2.75, 3.05) is 0 Å². The number of hydrogen-bond acceptors (Lipinski definition) is 0. The molecule has 1 aliphatic carbocycles. The Morgan fingerprint density at radius 1 is 0.882 bits per heavy atom. The van der Waals surface area contributed by atoms with Gasteiger partial charge in [-0.1, -0.05) is 84.8 Å². The lowest BCUT2D eigenvalue weighted by molar-refractivity contribution is 0.273. The quantitative estimate of drug-likeness (QED) is 0.424. The standard InChI is InChI=1S/C16H32B/c1-15(2,3)12-13-8-7-9-14(11-10-13)17-16(4,5)6/h13-14H,7-12H2,1-6H3. The fourth-order valence-electron chi connectivity index (χ4n) is 3.35. The van der Waals surface area contributed by atoms with Gasteiger partial charge in [-0.25, -0.2) is 0 Å². The predicted molar refractivity (Wildman–Crippen MR) is 79.9 cm³/mol. The van der Waals surface area contributed by atoms with Gasteiger partial charge < -0.3 is 0 Å². The lowest BCUT2D eigenvalue weighted by Gasteiger charge is -2.26. The Bertz CT molecular complexity index is 195. The zero-order valence-corrected chi connectivity index (χ0v) is 13.0. The zero-order chi connectivity index (χ0) is 13.1. The minimum absolute atomic E-state index is 0.397. The van der Waals surface area contributed by atoms with Crippen LogP contribution in [0, 0.1) is 11.3 Å². The van der Waals surface area contributed by atoms with Crippen LogP contribution < -0.4 is 0 Å². The monoisotopic (exact) mass is 235 g/mol. The van der Waals surface area contributed by atoms with Crippen LogP contribution in [0.2, 0.25) is 11.1 Å². The van der Waals surface area contributed by atoms with E-state index < -0.39 is 0 Å². The first-order valence-corrected chi connectivity index (χ1v) is 7.52. The van der Waals surface area contributed by atoms with Gasteiger partial charge in [-0.05, 0) is 17.8 Å². The van der Waals surface area contributed by atoms with E-state index >= 15 is 0 Å². The molecule has 0 spiro atoms. The molecule has 0 aromatic heterocycles. The molecule has 1 rings (SSSR count). The Hall–Kier alpha value is 0.0649. The molecular formula is C16H32B. The third-order valence-electron chi connectivity index (χ3n) is 3.77. The van der Waals surface area contributed by atoms with Gasteiger partial charge in [-0.15, -0.1) is 0 Å². The van der Waals surface area contributed by atoms with Crippen molar-refractivity contribution >= 4 is 7.28 Å². The van der Waals surface area contributed by atoms with Gasteiger partial charge in [0.2, 0.25) is 0 Å². The fraction of sp³-hybridized carbons (Fsp3) is 1.00. The summed E-state index contributed by atoms with van der Waals surface area (Å²) in [6, 6.07) is 0. The predicted octanol–water partition coefficient (Wildman–Crippen LogP) is 5.71. The van der Waals surface area contributed by atoms with Gasteiger partial charge in [0.15, 0.2) is 0 Å². The maximum absolute atomic E-state index is 2.60. The first kappa shape index (κ1) is 15.1. The summed E-state index contributed by atoms with van der Waals surface area (Å²) in [7, 11) is 2.60. The van der Waals surface area contributed by atoms with Gasteiger partial charge in [-0.2, -0.15) is 0 Å². The van der Waals surface area contributed by atoms with Crippen LogP contribution in [0.25, 0.3) is 0 Å². The molecule has 0 aliphatic heterocycles. The lowest BCUT2D eigenvalue weighted by atomic mass is 9.46. The van der Waals surface area contributed by atoms with Crippen molar-refractivity contribution in [2.24, 2.45) is 11.3 Å². The van der Waals surface area contributed by atoms with Crippen LogP contribution in [-0.2, 0) is 0 Å². The summed E-state index contributed by atoms with van der Waals surface area (Å²) in [5.74, 6) is 1.85. The van der Waals surface area contributed by atoms with Crippen molar-refractivity contribution in [3.05, 3.63) is 0 Å². The van der Waals surface area contributed by atoms with Crippen LogP contribution in [0.5, 0.6) is 0 Å². The molecule has 2 atom stereocenters. The zero-order valence-electron chi connectivity index (χ0n) is 13.0. The maximum atomic E-state index is 2.60. The average Bonchev–Trinajstić information content (AvgIpc) is 2.25. The maximum Gasteiger partial charge on any atom is 0.120 e. The second-order valence-electron chi connectivity index (χ2n) is 8.43. The van der Waals surface area contributed by atoms with Crippen molar-refractivity contribution in [1.29, 1.82) is 0 Å². The third-order valence-corrected chi connectivity index (χ3v) is 3.77. The highest BCUT2D eigenvalue weighted by molar-refractivity contribution is 6.41. The molecule has 2 unspecified atom stereocenters. The van der Waals surface area contributed by atoms with Gasteiger partial charge in [0.1, 0.15) is 7.28 Å². The summed E-state index contributed by atoms with van der Waals surface area (Å²) in [6.07, 6.45) is 8.63. The normalized spacial score (nSPS) is 27.6. The van der Waals surface area contributed by atoms with Gasteiger partial charge in [-0.3, -0.25) is 0 Å². The van der Waals surface area contributed by atoms with Crippen LogP contribution in [-0.4, -0.2) is 7.28 Å². The van der Waals surface area contributed by atoms with Crippen molar-refractivity contribution in [2.45, 2.75) is 91.2 Å². The van der Waals surface area contributed by atoms with E-state index in [2.05, 4.69) is 48.8 Å². The smallest absolute Gasteiger partial charge is 0.0682 e. The van der Waals surface area contributed by atoms with Crippen LogP contribution in [0.3, 0.4) is 0 Å². The summed E-state index contributed by atoms with van der Waals surface area (Å²) in [5.41, 5.74) is 0.512. The molecule has 0 N–H and O–H groups in total. The average molecular weight is 235 g/mol. The Labute approximate surface area is 110 Å². The van der Waals surface area contributed by atoms with E-state index in [1.165, 1.54) is 38.5 Å². The lowest BCUT2D eigenvalue weighted by Crippen LogP contribution is -2.15. The summed E-state index contributed by atoms with van der Waals surface area (Å²) in [6.45, 7) is 14.2. The molecule has 0 nitrogen and oxygen atoms in total. The van der Waals surface area contributed by atoms with Crippen LogP contribution in [0.15, 0.2) is 0 Å². The highest BCUT2D eigenvalue weighted by Gasteiger charge is 2.26. The number of rotatable bonds is 2. The summed E-state index contributed by atoms with van der Waals surface area (Å²) in [5, 5.41) is 0.397. The minimum Gasteiger partial charge on any atom is -0.0682 e. The largest absolute Gasteiger partial charge is 0.120 e. The van der Waals surface area contributed by atoms with Crippen LogP contribution >= 0.6 is 0 Å². The molecule has 0 aromatic rings. The van der Waals surface area contributed by atoms with Gasteiger partial charge >= 0.3 is 0 Å². The molecule has 99 valence electrons.